The predicted octanol–water partition coefficient (Wildman–Crippen LogP) is 4.72. The van der Waals surface area contributed by atoms with Gasteiger partial charge >= 0.3 is 0 Å². The Hall–Kier alpha value is -3.95. The third kappa shape index (κ3) is 4.73. The van der Waals surface area contributed by atoms with E-state index in [0.717, 1.165) is 50.0 Å². The largest absolute Gasteiger partial charge is 0.450 e. The van der Waals surface area contributed by atoms with Crippen LogP contribution in [0.15, 0.2) is 53.5 Å². The molecule has 0 radical (unpaired) electrons. The van der Waals surface area contributed by atoms with E-state index in [1.165, 1.54) is 31.7 Å². The summed E-state index contributed by atoms with van der Waals surface area (Å²) in [6.45, 7) is 6.67. The summed E-state index contributed by atoms with van der Waals surface area (Å²) in [6.07, 6.45) is 6.29. The highest BCUT2D eigenvalue weighted by Gasteiger charge is 2.29. The van der Waals surface area contributed by atoms with Gasteiger partial charge in [0.05, 0.1) is 11.1 Å². The van der Waals surface area contributed by atoms with Gasteiger partial charge in [0.2, 0.25) is 5.43 Å². The average molecular weight is 556 g/mol. The van der Waals surface area contributed by atoms with Crippen LogP contribution >= 0.6 is 0 Å². The topological polar surface area (TPSA) is 78.8 Å². The van der Waals surface area contributed by atoms with Crippen molar-refractivity contribution in [1.29, 1.82) is 0 Å². The molecule has 0 saturated carbocycles. The third-order valence-corrected chi connectivity index (χ3v) is 8.60. The van der Waals surface area contributed by atoms with Gasteiger partial charge in [0.25, 0.3) is 5.91 Å². The molecule has 2 fully saturated rings. The van der Waals surface area contributed by atoms with Gasteiger partial charge in [-0.25, -0.2) is 4.39 Å². The first-order valence-electron chi connectivity index (χ1n) is 14.7. The van der Waals surface area contributed by atoms with Crippen LogP contribution in [0.5, 0.6) is 11.5 Å². The number of rotatable bonds is 8. The van der Waals surface area contributed by atoms with Crippen LogP contribution in [-0.2, 0) is 0 Å². The highest BCUT2D eigenvalue weighted by atomic mass is 19.1. The molecule has 0 atom stereocenters. The lowest BCUT2D eigenvalue weighted by Crippen LogP contribution is -2.36. The van der Waals surface area contributed by atoms with Crippen molar-refractivity contribution in [3.05, 3.63) is 70.3 Å². The van der Waals surface area contributed by atoms with Crippen LogP contribution < -0.4 is 20.8 Å². The number of pyridine rings is 1. The van der Waals surface area contributed by atoms with Crippen molar-refractivity contribution < 1.29 is 13.9 Å². The number of carbonyl (C=O) groups excluding carboxylic acids is 1. The molecule has 3 aliphatic heterocycles. The third-order valence-electron chi connectivity index (χ3n) is 8.60. The maximum Gasteiger partial charge on any atom is 0.256 e. The van der Waals surface area contributed by atoms with E-state index in [9.17, 15) is 9.59 Å². The van der Waals surface area contributed by atoms with E-state index in [4.69, 9.17) is 4.74 Å². The molecular weight excluding hydrogens is 521 g/mol. The van der Waals surface area contributed by atoms with Gasteiger partial charge in [0.15, 0.2) is 17.3 Å². The molecule has 4 heterocycles. The molecule has 0 unspecified atom stereocenters. The number of hydrogen-bond acceptors (Lipinski definition) is 6. The lowest BCUT2D eigenvalue weighted by atomic mass is 10.0. The second kappa shape index (κ2) is 10.8. The Balaban J connectivity index is 1.32. The predicted molar refractivity (Wildman–Crippen MR) is 159 cm³/mol. The number of aromatic nitrogens is 1. The second-order valence-corrected chi connectivity index (χ2v) is 11.2. The summed E-state index contributed by atoms with van der Waals surface area (Å²) >= 11 is 0. The van der Waals surface area contributed by atoms with E-state index < -0.39 is 17.2 Å². The van der Waals surface area contributed by atoms with Gasteiger partial charge in [-0.3, -0.25) is 9.59 Å². The number of nitrogens with zero attached hydrogens (tertiary/aromatic N) is 3. The number of fused-ring (bicyclic) bond motifs is 4. The summed E-state index contributed by atoms with van der Waals surface area (Å²) in [6, 6.07) is 13.0. The molecule has 0 spiro atoms. The number of benzene rings is 3. The van der Waals surface area contributed by atoms with E-state index in [-0.39, 0.29) is 22.4 Å². The SMILES string of the molecule is O=C(NCCN1CCCC1)c1cn2c3c(c(NCCN4CCCC4)c(F)cc3c1=O)Oc1c-2ccc2ccccc12. The molecule has 41 heavy (non-hydrogen) atoms. The first kappa shape index (κ1) is 26.0. The Morgan fingerprint density at radius 2 is 1.59 bits per heavy atom. The van der Waals surface area contributed by atoms with Crippen LogP contribution in [0.1, 0.15) is 36.0 Å². The maximum absolute atomic E-state index is 15.8. The Morgan fingerprint density at radius 3 is 2.34 bits per heavy atom. The van der Waals surface area contributed by atoms with E-state index in [2.05, 4.69) is 20.4 Å². The molecule has 2 saturated heterocycles. The summed E-state index contributed by atoms with van der Waals surface area (Å²) in [4.78, 5) is 31.6. The molecule has 1 amide bonds. The molecule has 7 rings (SSSR count). The van der Waals surface area contributed by atoms with Gasteiger partial charge in [-0.15, -0.1) is 0 Å². The van der Waals surface area contributed by atoms with Gasteiger partial charge in [-0.2, -0.15) is 0 Å². The molecular formula is C32H34FN5O3. The molecule has 212 valence electrons. The number of ether oxygens (including phenoxy) is 1. The van der Waals surface area contributed by atoms with Gasteiger partial charge in [0, 0.05) is 37.8 Å². The van der Waals surface area contributed by atoms with Gasteiger partial charge in [-0.05, 0) is 69.4 Å². The normalized spacial score (nSPS) is 16.7. The van der Waals surface area contributed by atoms with Crippen LogP contribution in [0, 0.1) is 5.82 Å². The smallest absolute Gasteiger partial charge is 0.256 e. The molecule has 0 aliphatic carbocycles. The van der Waals surface area contributed by atoms with Crippen LogP contribution in [-0.4, -0.2) is 72.6 Å². The zero-order valence-electron chi connectivity index (χ0n) is 23.0. The number of halogens is 1. The number of carbonyl (C=O) groups is 1. The quantitative estimate of drug-likeness (QED) is 0.289. The van der Waals surface area contributed by atoms with Crippen molar-refractivity contribution in [3.8, 4) is 17.2 Å². The molecule has 9 heteroatoms. The van der Waals surface area contributed by atoms with Crippen molar-refractivity contribution >= 4 is 33.3 Å². The molecule has 3 aliphatic rings. The van der Waals surface area contributed by atoms with Crippen molar-refractivity contribution in [2.24, 2.45) is 0 Å². The zero-order chi connectivity index (χ0) is 27.9. The van der Waals surface area contributed by atoms with Crippen LogP contribution in [0.25, 0.3) is 27.4 Å². The van der Waals surface area contributed by atoms with Crippen LogP contribution in [0.3, 0.4) is 0 Å². The molecule has 4 aromatic rings. The number of hydrogen-bond donors (Lipinski definition) is 2. The number of nitrogens with one attached hydrogen (secondary N) is 2. The summed E-state index contributed by atoms with van der Waals surface area (Å²) in [7, 11) is 0. The van der Waals surface area contributed by atoms with Crippen molar-refractivity contribution in [3.63, 3.8) is 0 Å². The number of anilines is 1. The standard InChI is InChI=1S/C32H34FN5O3/c33-25-19-23-28-31(27(25)34-11-17-36-13-3-4-14-36)41-30-22-8-2-1-7-21(22)9-10-26(30)38(28)20-24(29(23)39)32(40)35-12-18-37-15-5-6-16-37/h1-2,7-10,19-20,34H,3-6,11-18H2,(H,35,40). The molecule has 0 bridgehead atoms. The van der Waals surface area contributed by atoms with Crippen LogP contribution in [0.4, 0.5) is 10.1 Å². The highest BCUT2D eigenvalue weighted by Crippen LogP contribution is 2.47. The molecule has 2 N–H and O–H groups in total. The summed E-state index contributed by atoms with van der Waals surface area (Å²) in [5.74, 6) is -0.200. The van der Waals surface area contributed by atoms with Crippen molar-refractivity contribution in [2.45, 2.75) is 25.7 Å². The summed E-state index contributed by atoms with van der Waals surface area (Å²) in [5.41, 5.74) is 0.858. The van der Waals surface area contributed by atoms with E-state index >= 15 is 4.39 Å². The van der Waals surface area contributed by atoms with Crippen molar-refractivity contribution in [2.75, 3.05) is 57.7 Å². The van der Waals surface area contributed by atoms with E-state index in [0.29, 0.717) is 30.0 Å². The second-order valence-electron chi connectivity index (χ2n) is 11.2. The molecule has 3 aromatic carbocycles. The maximum atomic E-state index is 15.8. The summed E-state index contributed by atoms with van der Waals surface area (Å²) in [5, 5.41) is 8.14. The zero-order valence-corrected chi connectivity index (χ0v) is 23.0. The first-order valence-corrected chi connectivity index (χ1v) is 14.7. The average Bonchev–Trinajstić information content (AvgIpc) is 3.70. The number of amides is 1. The molecule has 1 aromatic heterocycles. The monoisotopic (exact) mass is 555 g/mol. The minimum atomic E-state index is -0.576. The van der Waals surface area contributed by atoms with E-state index in [1.807, 2.05) is 41.0 Å². The van der Waals surface area contributed by atoms with Crippen molar-refractivity contribution in [1.82, 2.24) is 19.7 Å². The fraction of sp³-hybridized carbons (Fsp3) is 0.375. The fourth-order valence-electron chi connectivity index (χ4n) is 6.45. The lowest BCUT2D eigenvalue weighted by molar-refractivity contribution is 0.0948. The Bertz CT molecular complexity index is 1710. The highest BCUT2D eigenvalue weighted by molar-refractivity contribution is 6.03. The fourth-order valence-corrected chi connectivity index (χ4v) is 6.45. The van der Waals surface area contributed by atoms with Crippen LogP contribution in [0.2, 0.25) is 0 Å². The summed E-state index contributed by atoms with van der Waals surface area (Å²) < 4.78 is 24.1. The van der Waals surface area contributed by atoms with Gasteiger partial charge < -0.3 is 29.7 Å². The Kier molecular flexibility index (Phi) is 6.84. The first-order chi connectivity index (χ1) is 20.1. The molecule has 8 nitrogen and oxygen atoms in total. The Morgan fingerprint density at radius 1 is 0.878 bits per heavy atom. The van der Waals surface area contributed by atoms with Gasteiger partial charge in [-0.1, -0.05) is 30.3 Å². The van der Waals surface area contributed by atoms with E-state index in [1.54, 1.807) is 6.20 Å². The minimum absolute atomic E-state index is 0.0139. The lowest BCUT2D eigenvalue weighted by Gasteiger charge is -2.27. The minimum Gasteiger partial charge on any atom is -0.450 e. The van der Waals surface area contributed by atoms with Gasteiger partial charge in [0.1, 0.15) is 16.8 Å². The Labute approximate surface area is 237 Å². The number of likely N-dealkylation sites (tertiary alicyclic amines) is 2.